The number of benzene rings is 2. The van der Waals surface area contributed by atoms with Crippen molar-refractivity contribution in [2.75, 3.05) is 7.11 Å². The highest BCUT2D eigenvalue weighted by atomic mass is 28.5. The third-order valence-electron chi connectivity index (χ3n) is 6.00. The van der Waals surface area contributed by atoms with Gasteiger partial charge in [0.2, 0.25) is 0 Å². The molecule has 0 saturated heterocycles. The fourth-order valence-electron chi connectivity index (χ4n) is 4.93. The lowest BCUT2D eigenvalue weighted by Crippen LogP contribution is -2.60. The van der Waals surface area contributed by atoms with Crippen LogP contribution in [-0.2, 0) is 22.6 Å². The molecular weight excluding hydrogens is 666 g/mol. The minimum atomic E-state index is -4.37. The molecule has 0 unspecified atom stereocenters. The highest BCUT2D eigenvalue weighted by Crippen LogP contribution is 2.32. The third-order valence-corrected chi connectivity index (χ3v) is 24.8. The van der Waals surface area contributed by atoms with Crippen molar-refractivity contribution in [2.24, 2.45) is 0 Å². The van der Waals surface area contributed by atoms with Crippen molar-refractivity contribution in [1.29, 1.82) is 0 Å². The van der Waals surface area contributed by atoms with Crippen molar-refractivity contribution >= 4 is 60.8 Å². The monoisotopic (exact) mass is 722 g/mol. The van der Waals surface area contributed by atoms with E-state index in [1.807, 2.05) is 45.8 Å². The molecule has 2 aromatic carbocycles. The minimum absolute atomic E-state index is 0.221. The first-order chi connectivity index (χ1) is 19.4. The standard InChI is InChI=1S/C15H27F3O2Si3.C15H30O3Si3/c1-12-9-10-13(11-14(12)15(16,17)18)23(8,19-21(2,3)4)20-22(5,6)7;1-13-10-11-14(12-15(13)16-2)21(9,17-19(3,4)5)18-20(6,7)8/h9-11H,1-8H3;10-12H,1-9H3. The first kappa shape index (κ1) is 41.2. The first-order valence-electron chi connectivity index (χ1n) is 15.0. The van der Waals surface area contributed by atoms with Crippen LogP contribution in [0.4, 0.5) is 13.2 Å². The number of aryl methyl sites for hydroxylation is 2. The van der Waals surface area contributed by atoms with Gasteiger partial charge in [-0.25, -0.2) is 0 Å². The van der Waals surface area contributed by atoms with E-state index in [2.05, 4.69) is 71.0 Å². The molecule has 0 fully saturated rings. The number of hydrogen-bond donors (Lipinski definition) is 0. The zero-order chi connectivity index (χ0) is 34.7. The molecule has 0 saturated carbocycles. The second kappa shape index (κ2) is 14.5. The maximum atomic E-state index is 13.2. The Bertz CT molecular complexity index is 1210. The van der Waals surface area contributed by atoms with Gasteiger partial charge in [-0.05, 0) is 139 Å². The number of hydrogen-bond acceptors (Lipinski definition) is 5. The van der Waals surface area contributed by atoms with E-state index in [9.17, 15) is 13.2 Å². The van der Waals surface area contributed by atoms with Gasteiger partial charge in [0.15, 0.2) is 33.3 Å². The molecule has 14 heteroatoms. The molecule has 252 valence electrons. The van der Waals surface area contributed by atoms with E-state index in [0.29, 0.717) is 5.19 Å². The second-order valence-corrected chi connectivity index (χ2v) is 40.6. The fourth-order valence-corrected chi connectivity index (χ4v) is 28.2. The van der Waals surface area contributed by atoms with Gasteiger partial charge in [-0.1, -0.05) is 24.3 Å². The Balaban J connectivity index is 0.000000442. The Hall–Kier alpha value is -0.829. The Morgan fingerprint density at radius 3 is 1.11 bits per heavy atom. The van der Waals surface area contributed by atoms with Gasteiger partial charge in [-0.15, -0.1) is 0 Å². The van der Waals surface area contributed by atoms with Crippen molar-refractivity contribution in [3.63, 3.8) is 0 Å². The van der Waals surface area contributed by atoms with Crippen molar-refractivity contribution in [3.05, 3.63) is 53.1 Å². The molecule has 0 aliphatic heterocycles. The predicted octanol–water partition coefficient (Wildman–Crippen LogP) is 8.98. The summed E-state index contributed by atoms with van der Waals surface area (Å²) in [6, 6.07) is 10.8. The topological polar surface area (TPSA) is 46.2 Å². The summed E-state index contributed by atoms with van der Waals surface area (Å²) in [5.41, 5.74) is 0.754. The smallest absolute Gasteiger partial charge is 0.416 e. The quantitative estimate of drug-likeness (QED) is 0.217. The summed E-state index contributed by atoms with van der Waals surface area (Å²) in [6.45, 7) is 33.1. The highest BCUT2D eigenvalue weighted by molar-refractivity contribution is 6.95. The summed E-state index contributed by atoms with van der Waals surface area (Å²) < 4.78 is 71.0. The number of ether oxygens (including phenoxy) is 1. The highest BCUT2D eigenvalue weighted by Gasteiger charge is 2.44. The zero-order valence-corrected chi connectivity index (χ0v) is 36.1. The van der Waals surface area contributed by atoms with Gasteiger partial charge in [-0.3, -0.25) is 0 Å². The summed E-state index contributed by atoms with van der Waals surface area (Å²) in [5.74, 6) is 0.907. The van der Waals surface area contributed by atoms with Gasteiger partial charge in [0.1, 0.15) is 5.75 Å². The summed E-state index contributed by atoms with van der Waals surface area (Å²) >= 11 is 0. The fraction of sp³-hybridized carbons (Fsp3) is 0.600. The van der Waals surface area contributed by atoms with Crippen LogP contribution in [0, 0.1) is 13.8 Å². The molecule has 0 bridgehead atoms. The average molecular weight is 723 g/mol. The number of halogens is 3. The van der Waals surface area contributed by atoms with Crippen molar-refractivity contribution < 1.29 is 34.4 Å². The molecule has 0 aliphatic rings. The van der Waals surface area contributed by atoms with Gasteiger partial charge in [-0.2, -0.15) is 13.2 Å². The van der Waals surface area contributed by atoms with Gasteiger partial charge >= 0.3 is 23.3 Å². The van der Waals surface area contributed by atoms with Crippen LogP contribution in [0.25, 0.3) is 0 Å². The molecule has 0 aliphatic carbocycles. The van der Waals surface area contributed by atoms with Crippen molar-refractivity contribution in [2.45, 2.75) is 112 Å². The first-order valence-corrected chi connectivity index (χ1v) is 33.3. The summed E-state index contributed by atoms with van der Waals surface area (Å²) in [5, 5.41) is 1.72. The van der Waals surface area contributed by atoms with Crippen LogP contribution < -0.4 is 15.1 Å². The maximum absolute atomic E-state index is 13.2. The van der Waals surface area contributed by atoms with Crippen LogP contribution in [0.15, 0.2) is 36.4 Å². The molecule has 0 spiro atoms. The van der Waals surface area contributed by atoms with Gasteiger partial charge in [0.25, 0.3) is 0 Å². The van der Waals surface area contributed by atoms with E-state index in [1.165, 1.54) is 19.1 Å². The predicted molar refractivity (Wildman–Crippen MR) is 194 cm³/mol. The summed E-state index contributed by atoms with van der Waals surface area (Å²) in [6.07, 6.45) is -4.37. The average Bonchev–Trinajstić information content (AvgIpc) is 2.74. The van der Waals surface area contributed by atoms with Crippen LogP contribution in [0.5, 0.6) is 5.75 Å². The number of rotatable bonds is 11. The third kappa shape index (κ3) is 13.9. The van der Waals surface area contributed by atoms with E-state index < -0.39 is 62.1 Å². The van der Waals surface area contributed by atoms with Crippen LogP contribution in [0.3, 0.4) is 0 Å². The van der Waals surface area contributed by atoms with Gasteiger partial charge in [0, 0.05) is 0 Å². The zero-order valence-electron chi connectivity index (χ0n) is 30.1. The summed E-state index contributed by atoms with van der Waals surface area (Å²) in [4.78, 5) is 0. The Kier molecular flexibility index (Phi) is 13.6. The lowest BCUT2D eigenvalue weighted by Gasteiger charge is -2.39. The lowest BCUT2D eigenvalue weighted by molar-refractivity contribution is -0.138. The molecule has 2 rings (SSSR count). The molecule has 2 aromatic rings. The molecule has 0 amide bonds. The summed E-state index contributed by atoms with van der Waals surface area (Å²) in [7, 11) is -11.0. The molecule has 5 nitrogen and oxygen atoms in total. The SMILES string of the molecule is COc1cc([Si](C)(O[Si](C)(C)C)O[Si](C)(C)C)ccc1C.Cc1ccc([Si](C)(O[Si](C)(C)C)O[Si](C)(C)C)cc1C(F)(F)F. The molecule has 44 heavy (non-hydrogen) atoms. The largest absolute Gasteiger partial charge is 0.496 e. The van der Waals surface area contributed by atoms with Crippen molar-refractivity contribution in [3.8, 4) is 5.75 Å². The minimum Gasteiger partial charge on any atom is -0.496 e. The van der Waals surface area contributed by atoms with Crippen LogP contribution >= 0.6 is 0 Å². The van der Waals surface area contributed by atoms with Crippen LogP contribution in [0.2, 0.25) is 91.7 Å². The van der Waals surface area contributed by atoms with E-state index in [1.54, 1.807) is 13.2 Å². The van der Waals surface area contributed by atoms with E-state index in [-0.39, 0.29) is 5.56 Å². The number of methoxy groups -OCH3 is 1. The Labute approximate surface area is 271 Å². The van der Waals surface area contributed by atoms with E-state index in [4.69, 9.17) is 21.2 Å². The molecular formula is C30H57F3O5Si6. The van der Waals surface area contributed by atoms with E-state index >= 15 is 0 Å². The molecule has 0 radical (unpaired) electrons. The lowest BCUT2D eigenvalue weighted by atomic mass is 10.1. The van der Waals surface area contributed by atoms with Gasteiger partial charge in [0.05, 0.1) is 12.7 Å². The van der Waals surface area contributed by atoms with Gasteiger partial charge < -0.3 is 21.2 Å². The van der Waals surface area contributed by atoms with Crippen LogP contribution in [-0.4, -0.2) is 57.5 Å². The molecule has 0 aromatic heterocycles. The van der Waals surface area contributed by atoms with E-state index in [0.717, 1.165) is 16.5 Å². The Morgan fingerprint density at radius 1 is 0.500 bits per heavy atom. The normalized spacial score (nSPS) is 13.8. The molecule has 0 N–H and O–H groups in total. The second-order valence-electron chi connectivity index (χ2n) is 15.5. The molecule has 0 heterocycles. The number of alkyl halides is 3. The van der Waals surface area contributed by atoms with Crippen molar-refractivity contribution in [1.82, 2.24) is 0 Å². The Morgan fingerprint density at radius 2 is 0.818 bits per heavy atom. The molecule has 0 atom stereocenters. The maximum Gasteiger partial charge on any atom is 0.416 e. The van der Waals surface area contributed by atoms with Crippen LogP contribution in [0.1, 0.15) is 16.7 Å².